The predicted molar refractivity (Wildman–Crippen MR) is 107 cm³/mol. The van der Waals surface area contributed by atoms with Gasteiger partial charge in [-0.1, -0.05) is 23.7 Å². The van der Waals surface area contributed by atoms with Gasteiger partial charge in [0, 0.05) is 16.8 Å². The molecule has 0 saturated heterocycles. The summed E-state index contributed by atoms with van der Waals surface area (Å²) >= 11 is 5.93. The normalized spacial score (nSPS) is 12.6. The van der Waals surface area contributed by atoms with E-state index in [0.717, 1.165) is 18.3 Å². The van der Waals surface area contributed by atoms with Gasteiger partial charge in [0.25, 0.3) is 10.0 Å². The lowest BCUT2D eigenvalue weighted by atomic mass is 9.98. The maximum Gasteiger partial charge on any atom is 0.417 e. The highest BCUT2D eigenvalue weighted by Crippen LogP contribution is 2.41. The monoisotopic (exact) mass is 494 g/mol. The van der Waals surface area contributed by atoms with Crippen LogP contribution in [0.25, 0.3) is 11.1 Å². The van der Waals surface area contributed by atoms with Crippen molar-refractivity contribution in [3.05, 3.63) is 76.4 Å². The Hall–Kier alpha value is -2.79. The molecular formula is C20H13ClF6N2O2S. The fourth-order valence-electron chi connectivity index (χ4n) is 2.89. The Balaban J connectivity index is 1.96. The zero-order valence-electron chi connectivity index (χ0n) is 16.0. The van der Waals surface area contributed by atoms with Crippen LogP contribution in [0.5, 0.6) is 0 Å². The Morgan fingerprint density at radius 2 is 1.62 bits per heavy atom. The van der Waals surface area contributed by atoms with Gasteiger partial charge in [-0.2, -0.15) is 26.3 Å². The SMILES string of the molecule is Cc1c(Cl)cccc1S(=O)(=O)Nc1ccc(-c2ccc(C(F)(F)F)cc2C(F)(F)F)cn1. The summed E-state index contributed by atoms with van der Waals surface area (Å²) in [7, 11) is -4.10. The molecule has 0 aliphatic rings. The topological polar surface area (TPSA) is 59.1 Å². The van der Waals surface area contributed by atoms with Crippen molar-refractivity contribution < 1.29 is 34.8 Å². The Morgan fingerprint density at radius 3 is 2.19 bits per heavy atom. The fraction of sp³-hybridized carbons (Fsp3) is 0.150. The third-order valence-corrected chi connectivity index (χ3v) is 6.38. The highest BCUT2D eigenvalue weighted by Gasteiger charge is 2.38. The maximum atomic E-state index is 13.4. The first-order valence-corrected chi connectivity index (χ1v) is 10.6. The van der Waals surface area contributed by atoms with Crippen LogP contribution in [0.4, 0.5) is 32.2 Å². The van der Waals surface area contributed by atoms with E-state index >= 15 is 0 Å². The first-order valence-electron chi connectivity index (χ1n) is 8.73. The second kappa shape index (κ2) is 8.28. The van der Waals surface area contributed by atoms with E-state index in [1.54, 1.807) is 0 Å². The quantitative estimate of drug-likeness (QED) is 0.418. The number of halogens is 7. The van der Waals surface area contributed by atoms with Crippen LogP contribution < -0.4 is 4.72 Å². The van der Waals surface area contributed by atoms with E-state index in [1.165, 1.54) is 25.1 Å². The number of benzene rings is 2. The number of hydrogen-bond acceptors (Lipinski definition) is 3. The van der Waals surface area contributed by atoms with Gasteiger partial charge in [-0.3, -0.25) is 4.72 Å². The van der Waals surface area contributed by atoms with Crippen molar-refractivity contribution in [2.24, 2.45) is 0 Å². The molecule has 0 saturated carbocycles. The molecular weight excluding hydrogens is 482 g/mol. The molecule has 32 heavy (non-hydrogen) atoms. The number of nitrogens with one attached hydrogen (secondary N) is 1. The van der Waals surface area contributed by atoms with Crippen molar-refractivity contribution in [1.82, 2.24) is 4.98 Å². The van der Waals surface area contributed by atoms with Crippen molar-refractivity contribution in [1.29, 1.82) is 0 Å². The van der Waals surface area contributed by atoms with E-state index in [-0.39, 0.29) is 32.9 Å². The van der Waals surface area contributed by atoms with Crippen molar-refractivity contribution in [2.75, 3.05) is 4.72 Å². The predicted octanol–water partition coefficient (Wildman–Crippen LogP) is 6.55. The second-order valence-corrected chi connectivity index (χ2v) is 8.71. The molecule has 2 aromatic carbocycles. The average Bonchev–Trinajstić information content (AvgIpc) is 2.68. The largest absolute Gasteiger partial charge is 0.417 e. The van der Waals surface area contributed by atoms with Gasteiger partial charge in [-0.05, 0) is 54.4 Å². The molecule has 0 radical (unpaired) electrons. The molecule has 4 nitrogen and oxygen atoms in total. The molecule has 3 rings (SSSR count). The highest BCUT2D eigenvalue weighted by atomic mass is 35.5. The Morgan fingerprint density at radius 1 is 0.938 bits per heavy atom. The lowest BCUT2D eigenvalue weighted by Crippen LogP contribution is -2.15. The van der Waals surface area contributed by atoms with Gasteiger partial charge >= 0.3 is 12.4 Å². The molecule has 170 valence electrons. The molecule has 3 aromatic rings. The smallest absolute Gasteiger partial charge is 0.263 e. The van der Waals surface area contributed by atoms with Gasteiger partial charge in [0.1, 0.15) is 5.82 Å². The summed E-state index contributed by atoms with van der Waals surface area (Å²) in [5.41, 5.74) is -3.32. The van der Waals surface area contributed by atoms with Gasteiger partial charge in [0.15, 0.2) is 0 Å². The third-order valence-electron chi connectivity index (χ3n) is 4.47. The van der Waals surface area contributed by atoms with Crippen LogP contribution in [0.3, 0.4) is 0 Å². The molecule has 0 aliphatic carbocycles. The van der Waals surface area contributed by atoms with E-state index in [9.17, 15) is 34.8 Å². The molecule has 1 N–H and O–H groups in total. The van der Waals surface area contributed by atoms with Gasteiger partial charge in [-0.15, -0.1) is 0 Å². The van der Waals surface area contributed by atoms with Crippen molar-refractivity contribution in [2.45, 2.75) is 24.2 Å². The summed E-state index contributed by atoms with van der Waals surface area (Å²) < 4.78 is 106. The minimum Gasteiger partial charge on any atom is -0.263 e. The van der Waals surface area contributed by atoms with E-state index < -0.39 is 39.1 Å². The first kappa shape index (κ1) is 23.9. The number of sulfonamides is 1. The van der Waals surface area contributed by atoms with E-state index in [4.69, 9.17) is 11.6 Å². The maximum absolute atomic E-state index is 13.4. The zero-order chi connectivity index (χ0) is 23.9. The van der Waals surface area contributed by atoms with Gasteiger partial charge < -0.3 is 0 Å². The molecule has 0 atom stereocenters. The van der Waals surface area contributed by atoms with Crippen LogP contribution in [0, 0.1) is 6.92 Å². The minimum absolute atomic E-state index is 0.0217. The number of anilines is 1. The van der Waals surface area contributed by atoms with Crippen molar-refractivity contribution in [3.8, 4) is 11.1 Å². The van der Waals surface area contributed by atoms with E-state index in [0.29, 0.717) is 12.1 Å². The van der Waals surface area contributed by atoms with Crippen LogP contribution in [-0.2, 0) is 22.4 Å². The van der Waals surface area contributed by atoms with Crippen molar-refractivity contribution in [3.63, 3.8) is 0 Å². The third kappa shape index (κ3) is 4.99. The standard InChI is InChI=1S/C20H13ClF6N2O2S/c1-11-16(21)3-2-4-17(11)32(30,31)29-18-8-5-12(10-28-18)14-7-6-13(19(22,23)24)9-15(14)20(25,26)27/h2-10H,1H3,(H,28,29). The molecule has 1 aromatic heterocycles. The summed E-state index contributed by atoms with van der Waals surface area (Å²) in [5.74, 6) is -0.200. The average molecular weight is 495 g/mol. The number of aromatic nitrogens is 1. The summed E-state index contributed by atoms with van der Waals surface area (Å²) in [6.07, 6.45) is -9.07. The van der Waals surface area contributed by atoms with Crippen LogP contribution >= 0.6 is 11.6 Å². The Bertz CT molecular complexity index is 1260. The van der Waals surface area contributed by atoms with Gasteiger partial charge in [-0.25, -0.2) is 13.4 Å². The van der Waals surface area contributed by atoms with Gasteiger partial charge in [0.2, 0.25) is 0 Å². The number of rotatable bonds is 4. The van der Waals surface area contributed by atoms with E-state index in [2.05, 4.69) is 9.71 Å². The minimum atomic E-state index is -5.05. The number of alkyl halides is 6. The lowest BCUT2D eigenvalue weighted by molar-refractivity contribution is -0.142. The van der Waals surface area contributed by atoms with E-state index in [1.807, 2.05) is 0 Å². The zero-order valence-corrected chi connectivity index (χ0v) is 17.6. The molecule has 0 fully saturated rings. The summed E-state index contributed by atoms with van der Waals surface area (Å²) in [6.45, 7) is 1.50. The Labute approximate surface area is 183 Å². The lowest BCUT2D eigenvalue weighted by Gasteiger charge is -2.16. The van der Waals surface area contributed by atoms with Crippen molar-refractivity contribution >= 4 is 27.4 Å². The summed E-state index contributed by atoms with van der Waals surface area (Å²) in [5, 5.41) is 0.221. The van der Waals surface area contributed by atoms with Crippen LogP contribution in [0.1, 0.15) is 16.7 Å². The molecule has 1 heterocycles. The summed E-state index contributed by atoms with van der Waals surface area (Å²) in [4.78, 5) is 3.69. The Kier molecular flexibility index (Phi) is 6.18. The van der Waals surface area contributed by atoms with Crippen LogP contribution in [0.2, 0.25) is 5.02 Å². The van der Waals surface area contributed by atoms with Crippen LogP contribution in [0.15, 0.2) is 59.6 Å². The molecule has 0 amide bonds. The summed E-state index contributed by atoms with van der Waals surface area (Å²) in [6, 6.07) is 7.72. The van der Waals surface area contributed by atoms with Gasteiger partial charge in [0.05, 0.1) is 16.0 Å². The first-order chi connectivity index (χ1) is 14.7. The number of pyridine rings is 1. The molecule has 0 aliphatic heterocycles. The second-order valence-electron chi connectivity index (χ2n) is 6.66. The molecule has 0 spiro atoms. The fourth-order valence-corrected chi connectivity index (χ4v) is 4.40. The molecule has 12 heteroatoms. The molecule has 0 bridgehead atoms. The number of nitrogens with zero attached hydrogens (tertiary/aromatic N) is 1. The highest BCUT2D eigenvalue weighted by molar-refractivity contribution is 7.92. The number of hydrogen-bond donors (Lipinski definition) is 1. The van der Waals surface area contributed by atoms with Crippen LogP contribution in [-0.4, -0.2) is 13.4 Å². The molecule has 0 unspecified atom stereocenters.